The molecule has 0 atom stereocenters. The summed E-state index contributed by atoms with van der Waals surface area (Å²) in [6.07, 6.45) is 0. The van der Waals surface area contributed by atoms with Gasteiger partial charge in [-0.2, -0.15) is 0 Å². The summed E-state index contributed by atoms with van der Waals surface area (Å²) in [5.74, 6) is -0.466. The fourth-order valence-electron chi connectivity index (χ4n) is 2.67. The zero-order chi connectivity index (χ0) is 21.7. The number of hydrogen-bond donors (Lipinski definition) is 3. The monoisotopic (exact) mass is 461 g/mol. The Balaban J connectivity index is 1.54. The van der Waals surface area contributed by atoms with E-state index in [2.05, 4.69) is 16.0 Å². The largest absolute Gasteiger partial charge is 0.375 e. The molecule has 3 rings (SSSR count). The molecule has 3 aromatic carbocycles. The Bertz CT molecular complexity index is 1090. The summed E-state index contributed by atoms with van der Waals surface area (Å²) in [5, 5.41) is 9.55. The van der Waals surface area contributed by atoms with Crippen molar-refractivity contribution in [1.29, 1.82) is 0 Å². The highest BCUT2D eigenvalue weighted by Gasteiger charge is 2.09. The van der Waals surface area contributed by atoms with E-state index >= 15 is 0 Å². The van der Waals surface area contributed by atoms with E-state index in [-0.39, 0.29) is 18.4 Å². The number of amides is 2. The first-order chi connectivity index (χ1) is 14.3. The van der Waals surface area contributed by atoms with Gasteiger partial charge in [-0.25, -0.2) is 0 Å². The van der Waals surface area contributed by atoms with E-state index in [1.165, 1.54) is 6.07 Å². The molecule has 8 heteroatoms. The van der Waals surface area contributed by atoms with E-state index in [0.717, 1.165) is 5.56 Å². The molecule has 0 aliphatic carbocycles. The van der Waals surface area contributed by atoms with Gasteiger partial charge >= 0.3 is 0 Å². The van der Waals surface area contributed by atoms with E-state index in [4.69, 9.17) is 34.8 Å². The normalized spacial score (nSPS) is 10.4. The molecule has 0 spiro atoms. The van der Waals surface area contributed by atoms with Crippen molar-refractivity contribution in [2.45, 2.75) is 6.92 Å². The van der Waals surface area contributed by atoms with Crippen LogP contribution in [0.5, 0.6) is 0 Å². The maximum Gasteiger partial charge on any atom is 0.255 e. The number of anilines is 3. The van der Waals surface area contributed by atoms with Crippen molar-refractivity contribution in [2.24, 2.45) is 0 Å². The second kappa shape index (κ2) is 9.85. The number of nitrogens with one attached hydrogen (secondary N) is 3. The van der Waals surface area contributed by atoms with Gasteiger partial charge in [0.05, 0.1) is 27.3 Å². The third-order valence-corrected chi connectivity index (χ3v) is 5.19. The van der Waals surface area contributed by atoms with E-state index in [1.807, 2.05) is 25.1 Å². The molecule has 0 fully saturated rings. The summed E-state index contributed by atoms with van der Waals surface area (Å²) in [6.45, 7) is 1.92. The topological polar surface area (TPSA) is 70.2 Å². The van der Waals surface area contributed by atoms with Gasteiger partial charge in [0, 0.05) is 16.9 Å². The fourth-order valence-corrected chi connectivity index (χ4v) is 3.28. The Labute approximate surface area is 189 Å². The van der Waals surface area contributed by atoms with Crippen LogP contribution in [-0.4, -0.2) is 18.4 Å². The van der Waals surface area contributed by atoms with Crippen LogP contribution in [0.25, 0.3) is 0 Å². The molecule has 3 aromatic rings. The molecular formula is C22H18Cl3N3O2. The summed E-state index contributed by atoms with van der Waals surface area (Å²) < 4.78 is 0. The van der Waals surface area contributed by atoms with Gasteiger partial charge in [0.15, 0.2) is 0 Å². The standard InChI is InChI=1S/C22H18Cl3N3O2/c1-13-3-2-4-14(9-13)22(30)28-16-7-5-15(6-8-16)27-21(29)12-26-20-11-18(24)17(23)10-19(20)25/h2-11,26H,12H2,1H3,(H,27,29)(H,28,30). The Morgan fingerprint density at radius 1 is 0.800 bits per heavy atom. The summed E-state index contributed by atoms with van der Waals surface area (Å²) in [5.41, 5.74) is 3.32. The van der Waals surface area contributed by atoms with Crippen LogP contribution in [0.4, 0.5) is 17.1 Å². The highest BCUT2D eigenvalue weighted by atomic mass is 35.5. The number of hydrogen-bond acceptors (Lipinski definition) is 3. The number of carbonyl (C=O) groups is 2. The van der Waals surface area contributed by atoms with Crippen molar-refractivity contribution < 1.29 is 9.59 Å². The van der Waals surface area contributed by atoms with Gasteiger partial charge in [0.1, 0.15) is 0 Å². The number of rotatable bonds is 6. The molecule has 0 bridgehead atoms. The predicted octanol–water partition coefficient (Wildman–Crippen LogP) is 6.26. The van der Waals surface area contributed by atoms with Crippen LogP contribution in [0.15, 0.2) is 60.7 Å². The first kappa shape index (κ1) is 22.0. The molecular weight excluding hydrogens is 445 g/mol. The average molecular weight is 463 g/mol. The Morgan fingerprint density at radius 2 is 1.43 bits per heavy atom. The molecule has 5 nitrogen and oxygen atoms in total. The first-order valence-electron chi connectivity index (χ1n) is 8.98. The third-order valence-electron chi connectivity index (χ3n) is 4.16. The summed E-state index contributed by atoms with van der Waals surface area (Å²) in [7, 11) is 0. The van der Waals surface area contributed by atoms with Crippen molar-refractivity contribution >= 4 is 63.7 Å². The minimum Gasteiger partial charge on any atom is -0.375 e. The Hall–Kier alpha value is -2.73. The van der Waals surface area contributed by atoms with Crippen molar-refractivity contribution in [1.82, 2.24) is 0 Å². The lowest BCUT2D eigenvalue weighted by Gasteiger charge is -2.11. The molecule has 0 saturated heterocycles. The molecule has 0 saturated carbocycles. The Morgan fingerprint density at radius 3 is 2.10 bits per heavy atom. The molecule has 30 heavy (non-hydrogen) atoms. The maximum absolute atomic E-state index is 12.3. The maximum atomic E-state index is 12.3. The van der Waals surface area contributed by atoms with Gasteiger partial charge in [0.2, 0.25) is 5.91 Å². The van der Waals surface area contributed by atoms with E-state index in [9.17, 15) is 9.59 Å². The number of halogens is 3. The lowest BCUT2D eigenvalue weighted by atomic mass is 10.1. The molecule has 2 amide bonds. The number of benzene rings is 3. The van der Waals surface area contributed by atoms with Crippen molar-refractivity contribution in [3.8, 4) is 0 Å². The lowest BCUT2D eigenvalue weighted by molar-refractivity contribution is -0.114. The lowest BCUT2D eigenvalue weighted by Crippen LogP contribution is -2.21. The number of aryl methyl sites for hydroxylation is 1. The first-order valence-corrected chi connectivity index (χ1v) is 10.1. The smallest absolute Gasteiger partial charge is 0.255 e. The van der Waals surface area contributed by atoms with Crippen molar-refractivity contribution in [2.75, 3.05) is 22.5 Å². The summed E-state index contributed by atoms with van der Waals surface area (Å²) in [4.78, 5) is 24.5. The zero-order valence-corrected chi connectivity index (χ0v) is 18.2. The minimum absolute atomic E-state index is 0.0104. The van der Waals surface area contributed by atoms with Crippen LogP contribution in [0.2, 0.25) is 15.1 Å². The van der Waals surface area contributed by atoms with Gasteiger partial charge in [-0.15, -0.1) is 0 Å². The van der Waals surface area contributed by atoms with Gasteiger partial charge in [-0.05, 0) is 55.5 Å². The minimum atomic E-state index is -0.270. The van der Waals surface area contributed by atoms with Crippen LogP contribution >= 0.6 is 34.8 Å². The van der Waals surface area contributed by atoms with Gasteiger partial charge in [-0.1, -0.05) is 52.5 Å². The summed E-state index contributed by atoms with van der Waals surface area (Å²) in [6, 6.07) is 17.2. The van der Waals surface area contributed by atoms with E-state index < -0.39 is 0 Å². The van der Waals surface area contributed by atoms with Crippen LogP contribution in [0, 0.1) is 6.92 Å². The SMILES string of the molecule is Cc1cccc(C(=O)Nc2ccc(NC(=O)CNc3cc(Cl)c(Cl)cc3Cl)cc2)c1. The second-order valence-corrected chi connectivity index (χ2v) is 7.77. The molecule has 0 heterocycles. The molecule has 0 unspecified atom stereocenters. The van der Waals surface area contributed by atoms with Gasteiger partial charge < -0.3 is 16.0 Å². The van der Waals surface area contributed by atoms with Crippen LogP contribution < -0.4 is 16.0 Å². The predicted molar refractivity (Wildman–Crippen MR) is 124 cm³/mol. The molecule has 0 radical (unpaired) electrons. The van der Waals surface area contributed by atoms with E-state index in [0.29, 0.717) is 37.7 Å². The zero-order valence-electron chi connectivity index (χ0n) is 15.9. The highest BCUT2D eigenvalue weighted by Crippen LogP contribution is 2.32. The van der Waals surface area contributed by atoms with Gasteiger partial charge in [-0.3, -0.25) is 9.59 Å². The molecule has 154 valence electrons. The molecule has 0 aliphatic rings. The van der Waals surface area contributed by atoms with Crippen LogP contribution in [0.1, 0.15) is 15.9 Å². The van der Waals surface area contributed by atoms with Gasteiger partial charge in [0.25, 0.3) is 5.91 Å². The Kier molecular flexibility index (Phi) is 7.21. The van der Waals surface area contributed by atoms with Crippen molar-refractivity contribution in [3.63, 3.8) is 0 Å². The average Bonchev–Trinajstić information content (AvgIpc) is 2.71. The highest BCUT2D eigenvalue weighted by molar-refractivity contribution is 6.44. The van der Waals surface area contributed by atoms with Crippen molar-refractivity contribution in [3.05, 3.63) is 86.9 Å². The molecule has 0 aromatic heterocycles. The molecule has 0 aliphatic heterocycles. The van der Waals surface area contributed by atoms with Crippen LogP contribution in [0.3, 0.4) is 0 Å². The third kappa shape index (κ3) is 5.89. The fraction of sp³-hybridized carbons (Fsp3) is 0.0909. The second-order valence-electron chi connectivity index (χ2n) is 6.55. The van der Waals surface area contributed by atoms with E-state index in [1.54, 1.807) is 36.4 Å². The number of carbonyl (C=O) groups excluding carboxylic acids is 2. The van der Waals surface area contributed by atoms with Crippen LogP contribution in [-0.2, 0) is 4.79 Å². The quantitative estimate of drug-likeness (QED) is 0.379. The summed E-state index contributed by atoms with van der Waals surface area (Å²) >= 11 is 17.9. The molecule has 3 N–H and O–H groups in total.